The molecule has 6 rings (SSSR count). The predicted octanol–water partition coefficient (Wildman–Crippen LogP) is 10.3. The van der Waals surface area contributed by atoms with E-state index in [-0.39, 0.29) is 37.3 Å². The molecule has 42 heavy (non-hydrogen) atoms. The van der Waals surface area contributed by atoms with Crippen LogP contribution in [0, 0.1) is 6.07 Å². The molecule has 0 fully saturated rings. The standard InChI is InChI=1S/C29H22NO.C8H15NO.Ir/c1-29(2,3)23-17-19(16-18-10-4-5-11-20(18)23)27-28-26(21-12-6-8-14-24(21)30-27)22-13-7-9-15-25(22)31-28;1-6(2)9-7(3)5-8(4)10;/h4-15,17H,1-3H3;5-6H,1-4H3,(H,9,10);/q-1;;/p-1. The Morgan fingerprint density at radius 2 is 1.52 bits per heavy atom. The van der Waals surface area contributed by atoms with Gasteiger partial charge in [0.1, 0.15) is 11.2 Å². The van der Waals surface area contributed by atoms with Crippen molar-refractivity contribution in [3.8, 4) is 11.3 Å². The maximum atomic E-state index is 10.5. The smallest absolute Gasteiger partial charge is 0.151 e. The van der Waals surface area contributed by atoms with Gasteiger partial charge in [0.2, 0.25) is 0 Å². The molecule has 0 saturated heterocycles. The predicted molar refractivity (Wildman–Crippen MR) is 172 cm³/mol. The number of para-hydroxylation sites is 2. The van der Waals surface area contributed by atoms with Gasteiger partial charge in [-0.1, -0.05) is 107 Å². The van der Waals surface area contributed by atoms with Crippen molar-refractivity contribution in [3.05, 3.63) is 108 Å². The van der Waals surface area contributed by atoms with Gasteiger partial charge >= 0.3 is 0 Å². The number of aromatic nitrogens is 1. The first-order valence-corrected chi connectivity index (χ1v) is 14.1. The quantitative estimate of drug-likeness (QED) is 0.134. The second-order valence-electron chi connectivity index (χ2n) is 11.8. The second kappa shape index (κ2) is 12.6. The largest absolute Gasteiger partial charge is 0.686 e. The number of rotatable bonds is 4. The molecule has 4 nitrogen and oxygen atoms in total. The van der Waals surface area contributed by atoms with Gasteiger partial charge in [0.25, 0.3) is 0 Å². The summed E-state index contributed by atoms with van der Waals surface area (Å²) >= 11 is 0. The van der Waals surface area contributed by atoms with Crippen molar-refractivity contribution in [1.29, 1.82) is 0 Å². The Labute approximate surface area is 261 Å². The summed E-state index contributed by atoms with van der Waals surface area (Å²) in [7, 11) is 0. The molecule has 2 aromatic heterocycles. The molecule has 0 bridgehead atoms. The molecule has 5 heteroatoms. The van der Waals surface area contributed by atoms with Crippen LogP contribution in [-0.4, -0.2) is 16.8 Å². The van der Waals surface area contributed by atoms with Gasteiger partial charge in [-0.05, 0) is 30.5 Å². The van der Waals surface area contributed by atoms with Gasteiger partial charge in [0.15, 0.2) is 5.78 Å². The number of fused-ring (bicyclic) bond motifs is 6. The number of carbonyl (C=O) groups excluding carboxylic acids is 1. The first-order chi connectivity index (χ1) is 19.5. The fourth-order valence-corrected chi connectivity index (χ4v) is 5.33. The van der Waals surface area contributed by atoms with Gasteiger partial charge in [0, 0.05) is 42.0 Å². The summed E-state index contributed by atoms with van der Waals surface area (Å²) in [6.45, 7) is 14.1. The number of carbonyl (C=O) groups is 1. The molecule has 1 radical (unpaired) electrons. The van der Waals surface area contributed by atoms with Gasteiger partial charge in [0.05, 0.1) is 5.52 Å². The van der Waals surface area contributed by atoms with E-state index in [0.29, 0.717) is 0 Å². The third kappa shape index (κ3) is 6.48. The topological polar surface area (TPSA) is 57.2 Å². The third-order valence-corrected chi connectivity index (χ3v) is 6.93. The van der Waals surface area contributed by atoms with Crippen LogP contribution in [0.1, 0.15) is 54.0 Å². The molecule has 0 atom stereocenters. The van der Waals surface area contributed by atoms with E-state index in [1.165, 1.54) is 17.9 Å². The summed E-state index contributed by atoms with van der Waals surface area (Å²) in [4.78, 5) is 15.6. The summed E-state index contributed by atoms with van der Waals surface area (Å²) in [5, 5.41) is 9.85. The van der Waals surface area contributed by atoms with Crippen LogP contribution < -0.4 is 0 Å². The molecule has 0 N–H and O–H groups in total. The number of pyridine rings is 1. The van der Waals surface area contributed by atoms with Crippen LogP contribution in [0.2, 0.25) is 0 Å². The maximum Gasteiger partial charge on any atom is 0.151 e. The van der Waals surface area contributed by atoms with Crippen LogP contribution in [0.4, 0.5) is 0 Å². The van der Waals surface area contributed by atoms with Crippen molar-refractivity contribution in [2.24, 2.45) is 0 Å². The molecule has 6 aromatic rings. The van der Waals surface area contributed by atoms with Crippen molar-refractivity contribution < 1.29 is 29.3 Å². The van der Waals surface area contributed by atoms with Crippen molar-refractivity contribution in [1.82, 2.24) is 4.98 Å². The van der Waals surface area contributed by atoms with Crippen LogP contribution in [0.15, 0.2) is 95.1 Å². The molecule has 0 saturated carbocycles. The minimum Gasteiger partial charge on any atom is -0.686 e. The average Bonchev–Trinajstić information content (AvgIpc) is 3.31. The molecule has 217 valence electrons. The minimum absolute atomic E-state index is 0. The molecule has 0 aliphatic carbocycles. The number of allylic oxidation sites excluding steroid dienone is 2. The van der Waals surface area contributed by atoms with Crippen molar-refractivity contribution in [2.45, 2.75) is 59.9 Å². The van der Waals surface area contributed by atoms with Gasteiger partial charge in [-0.25, -0.2) is 0 Å². The molecular formula is C37H36IrN2O2-2. The van der Waals surface area contributed by atoms with Gasteiger partial charge in [-0.2, -0.15) is 5.70 Å². The molecule has 4 aromatic carbocycles. The van der Waals surface area contributed by atoms with E-state index in [1.54, 1.807) is 6.08 Å². The SMILES string of the molecule is CC(=O)/C=C(/C)[N-]C(C)C.CC(C)(C)c1cc(-c2nc3ccccc3c3c2oc2ccccc23)[c-]c2ccccc12.[Ir]. The molecule has 2 heterocycles. The Hall–Kier alpha value is -3.79. The zero-order valence-corrected chi connectivity index (χ0v) is 27.6. The number of nitrogens with zero attached hydrogens (tertiary/aromatic N) is 2. The summed E-state index contributed by atoms with van der Waals surface area (Å²) in [6.07, 6.45) is 1.54. The molecule has 0 aliphatic rings. The summed E-state index contributed by atoms with van der Waals surface area (Å²) < 4.78 is 6.40. The molecule has 0 amide bonds. The van der Waals surface area contributed by atoms with Crippen LogP contribution in [0.3, 0.4) is 0 Å². The molecular weight excluding hydrogens is 697 g/mol. The first-order valence-electron chi connectivity index (χ1n) is 14.1. The third-order valence-electron chi connectivity index (χ3n) is 6.93. The Balaban J connectivity index is 0.000000320. The Bertz CT molecular complexity index is 1930. The van der Waals surface area contributed by atoms with Gasteiger partial charge in [-0.15, -0.1) is 35.2 Å². The van der Waals surface area contributed by atoms with E-state index in [0.717, 1.165) is 55.2 Å². The number of hydrogen-bond acceptors (Lipinski definition) is 3. The Kier molecular flexibility index (Phi) is 9.35. The van der Waals surface area contributed by atoms with Gasteiger partial charge < -0.3 is 9.73 Å². The monoisotopic (exact) mass is 733 g/mol. The normalized spacial score (nSPS) is 12.0. The second-order valence-corrected chi connectivity index (χ2v) is 11.8. The zero-order valence-electron chi connectivity index (χ0n) is 25.2. The van der Waals surface area contributed by atoms with Crippen LogP contribution in [0.25, 0.3) is 60.2 Å². The summed E-state index contributed by atoms with van der Waals surface area (Å²) in [6, 6.07) is 31.2. The van der Waals surface area contributed by atoms with Gasteiger partial charge in [-0.3, -0.25) is 9.78 Å². The minimum atomic E-state index is -0.00665. The number of ketones is 1. The molecule has 0 spiro atoms. The summed E-state index contributed by atoms with van der Waals surface area (Å²) in [5.74, 6) is 0.0573. The van der Waals surface area contributed by atoms with Crippen molar-refractivity contribution >= 4 is 49.4 Å². The van der Waals surface area contributed by atoms with E-state index < -0.39 is 0 Å². The van der Waals surface area contributed by atoms with Crippen molar-refractivity contribution in [3.63, 3.8) is 0 Å². The Morgan fingerprint density at radius 3 is 2.19 bits per heavy atom. The number of furan rings is 1. The fraction of sp³-hybridized carbons (Fsp3) is 0.243. The van der Waals surface area contributed by atoms with Crippen LogP contribution in [0.5, 0.6) is 0 Å². The van der Waals surface area contributed by atoms with Crippen LogP contribution >= 0.6 is 0 Å². The molecule has 0 aliphatic heterocycles. The van der Waals surface area contributed by atoms with E-state index in [9.17, 15) is 4.79 Å². The Morgan fingerprint density at radius 1 is 0.905 bits per heavy atom. The van der Waals surface area contributed by atoms with Crippen molar-refractivity contribution in [2.75, 3.05) is 0 Å². The summed E-state index contributed by atoms with van der Waals surface area (Å²) in [5.41, 5.74) is 6.58. The first kappa shape index (κ1) is 31.2. The molecule has 0 unspecified atom stereocenters. The van der Waals surface area contributed by atoms with Crippen LogP contribution in [-0.2, 0) is 30.3 Å². The van der Waals surface area contributed by atoms with E-state index in [4.69, 9.17) is 9.40 Å². The fourth-order valence-electron chi connectivity index (χ4n) is 5.33. The van der Waals surface area contributed by atoms with E-state index in [2.05, 4.69) is 92.8 Å². The number of hydrogen-bond donors (Lipinski definition) is 0. The maximum absolute atomic E-state index is 10.5. The van der Waals surface area contributed by atoms with E-state index >= 15 is 0 Å². The average molecular weight is 733 g/mol. The zero-order chi connectivity index (χ0) is 29.3. The van der Waals surface area contributed by atoms with E-state index in [1.807, 2.05) is 39.0 Å². The number of benzene rings is 4.